The first-order valence-electron chi connectivity index (χ1n) is 5.15. The zero-order valence-corrected chi connectivity index (χ0v) is 10.8. The van der Waals surface area contributed by atoms with Gasteiger partial charge in [-0.05, 0) is 40.8 Å². The van der Waals surface area contributed by atoms with Gasteiger partial charge < -0.3 is 19.6 Å². The van der Waals surface area contributed by atoms with Gasteiger partial charge in [0, 0.05) is 7.11 Å². The molecule has 16 heavy (non-hydrogen) atoms. The molecule has 0 aliphatic heterocycles. The van der Waals surface area contributed by atoms with E-state index in [2.05, 4.69) is 10.1 Å². The maximum atomic E-state index is 10.1. The van der Waals surface area contributed by atoms with Gasteiger partial charge in [-0.15, -0.1) is 0 Å². The van der Waals surface area contributed by atoms with Crippen molar-refractivity contribution >= 4 is 12.8 Å². The molecule has 0 aliphatic carbocycles. The van der Waals surface area contributed by atoms with Crippen LogP contribution in [0.1, 0.15) is 27.2 Å². The Balaban J connectivity index is 0. The number of hydrogen-bond donors (Lipinski definition) is 1. The van der Waals surface area contributed by atoms with Gasteiger partial charge in [-0.3, -0.25) is 4.79 Å². The summed E-state index contributed by atoms with van der Waals surface area (Å²) in [6.07, 6.45) is 1.32. The van der Waals surface area contributed by atoms with Crippen LogP contribution in [-0.4, -0.2) is 45.2 Å². The summed E-state index contributed by atoms with van der Waals surface area (Å²) in [6.45, 7) is 6.74. The van der Waals surface area contributed by atoms with Crippen LogP contribution in [0, 0.1) is 0 Å². The molecule has 0 heterocycles. The van der Waals surface area contributed by atoms with Crippen molar-refractivity contribution in [1.82, 2.24) is 5.32 Å². The topological polar surface area (TPSA) is 64.6 Å². The lowest BCUT2D eigenvalue weighted by atomic mass is 10.2. The molecule has 0 aromatic carbocycles. The smallest absolute Gasteiger partial charge is 0.293 e. The molecular formula is C11H23NO4. The fraction of sp³-hybridized carbons (Fsp3) is 0.818. The average molecular weight is 233 g/mol. The minimum Gasteiger partial charge on any atom is -0.462 e. The quantitative estimate of drug-likeness (QED) is 0.686. The molecule has 0 saturated carbocycles. The van der Waals surface area contributed by atoms with E-state index in [9.17, 15) is 9.59 Å². The SMILES string of the molecule is CC(C)(C)OC=O.CNCCC(C=O)OC. The van der Waals surface area contributed by atoms with E-state index in [1.54, 1.807) is 0 Å². The highest BCUT2D eigenvalue weighted by molar-refractivity contribution is 5.55. The Morgan fingerprint density at radius 3 is 2.06 bits per heavy atom. The molecule has 0 amide bonds. The summed E-state index contributed by atoms with van der Waals surface area (Å²) >= 11 is 0. The van der Waals surface area contributed by atoms with E-state index in [1.165, 1.54) is 7.11 Å². The van der Waals surface area contributed by atoms with Gasteiger partial charge in [0.05, 0.1) is 0 Å². The van der Waals surface area contributed by atoms with Crippen LogP contribution in [0.4, 0.5) is 0 Å². The van der Waals surface area contributed by atoms with E-state index in [0.29, 0.717) is 6.47 Å². The minimum atomic E-state index is -0.318. The summed E-state index contributed by atoms with van der Waals surface area (Å²) < 4.78 is 9.34. The number of nitrogens with one attached hydrogen (secondary N) is 1. The standard InChI is InChI=1S/C6H13NO2.C5H10O2/c1-7-4-3-6(5-8)9-2;1-5(2,3)7-4-6/h5-7H,3-4H2,1-2H3;4H,1-3H3. The first-order chi connectivity index (χ1) is 7.41. The van der Waals surface area contributed by atoms with Crippen LogP contribution in [0.3, 0.4) is 0 Å². The van der Waals surface area contributed by atoms with Gasteiger partial charge in [-0.25, -0.2) is 0 Å². The summed E-state index contributed by atoms with van der Waals surface area (Å²) in [5.41, 5.74) is -0.318. The Bertz CT molecular complexity index is 177. The number of hydrogen-bond acceptors (Lipinski definition) is 5. The van der Waals surface area contributed by atoms with Gasteiger partial charge in [0.15, 0.2) is 0 Å². The van der Waals surface area contributed by atoms with Crippen molar-refractivity contribution in [3.05, 3.63) is 0 Å². The third-order valence-electron chi connectivity index (χ3n) is 1.54. The van der Waals surface area contributed by atoms with E-state index in [-0.39, 0.29) is 11.7 Å². The van der Waals surface area contributed by atoms with Crippen molar-refractivity contribution in [1.29, 1.82) is 0 Å². The Kier molecular flexibility index (Phi) is 11.5. The minimum absolute atomic E-state index is 0.238. The summed E-state index contributed by atoms with van der Waals surface area (Å²) in [6, 6.07) is 0. The molecule has 1 atom stereocenters. The zero-order chi connectivity index (χ0) is 13.0. The van der Waals surface area contributed by atoms with Gasteiger partial charge in [0.2, 0.25) is 0 Å². The highest BCUT2D eigenvalue weighted by Crippen LogP contribution is 2.02. The Labute approximate surface area is 97.5 Å². The molecule has 0 aromatic heterocycles. The van der Waals surface area contributed by atoms with Crippen LogP contribution in [0.2, 0.25) is 0 Å². The Morgan fingerprint density at radius 2 is 1.88 bits per heavy atom. The van der Waals surface area contributed by atoms with Crippen molar-refractivity contribution in [3.63, 3.8) is 0 Å². The average Bonchev–Trinajstić information content (AvgIpc) is 2.19. The summed E-state index contributed by atoms with van der Waals surface area (Å²) in [5, 5.41) is 2.93. The second-order valence-corrected chi connectivity index (χ2v) is 4.13. The molecule has 0 saturated heterocycles. The normalized spacial score (nSPS) is 12.1. The molecule has 5 nitrogen and oxygen atoms in total. The summed E-state index contributed by atoms with van der Waals surface area (Å²) in [5.74, 6) is 0. The molecule has 0 fully saturated rings. The molecule has 5 heteroatoms. The third-order valence-corrected chi connectivity index (χ3v) is 1.54. The Hall–Kier alpha value is -0.940. The largest absolute Gasteiger partial charge is 0.462 e. The van der Waals surface area contributed by atoms with Gasteiger partial charge in [0.25, 0.3) is 6.47 Å². The van der Waals surface area contributed by atoms with Crippen molar-refractivity contribution in [2.45, 2.75) is 38.9 Å². The number of carbonyl (C=O) groups excluding carboxylic acids is 2. The van der Waals surface area contributed by atoms with Crippen LogP contribution in [0.15, 0.2) is 0 Å². The molecule has 0 rings (SSSR count). The van der Waals surface area contributed by atoms with Gasteiger partial charge in [0.1, 0.15) is 18.0 Å². The molecule has 1 unspecified atom stereocenters. The Morgan fingerprint density at radius 1 is 1.31 bits per heavy atom. The second-order valence-electron chi connectivity index (χ2n) is 4.13. The summed E-state index contributed by atoms with van der Waals surface area (Å²) in [7, 11) is 3.38. The van der Waals surface area contributed by atoms with Gasteiger partial charge in [-0.2, -0.15) is 0 Å². The fourth-order valence-electron chi connectivity index (χ4n) is 0.672. The monoisotopic (exact) mass is 233 g/mol. The highest BCUT2D eigenvalue weighted by atomic mass is 16.5. The number of methoxy groups -OCH3 is 1. The van der Waals surface area contributed by atoms with Crippen molar-refractivity contribution in [3.8, 4) is 0 Å². The third kappa shape index (κ3) is 15.5. The first kappa shape index (κ1) is 17.5. The van der Waals surface area contributed by atoms with Crippen LogP contribution >= 0.6 is 0 Å². The van der Waals surface area contributed by atoms with Crippen molar-refractivity contribution < 1.29 is 19.1 Å². The molecule has 0 aliphatic rings. The van der Waals surface area contributed by atoms with Gasteiger partial charge >= 0.3 is 0 Å². The molecule has 96 valence electrons. The lowest BCUT2D eigenvalue weighted by Crippen LogP contribution is -2.19. The number of ether oxygens (including phenoxy) is 2. The van der Waals surface area contributed by atoms with Crippen molar-refractivity contribution in [2.24, 2.45) is 0 Å². The second kappa shape index (κ2) is 10.6. The maximum Gasteiger partial charge on any atom is 0.293 e. The van der Waals surface area contributed by atoms with E-state index >= 15 is 0 Å². The zero-order valence-electron chi connectivity index (χ0n) is 10.8. The van der Waals surface area contributed by atoms with E-state index in [4.69, 9.17) is 4.74 Å². The number of carbonyl (C=O) groups is 2. The molecule has 0 bridgehead atoms. The maximum absolute atomic E-state index is 10.1. The van der Waals surface area contributed by atoms with E-state index in [0.717, 1.165) is 19.3 Å². The fourth-order valence-corrected chi connectivity index (χ4v) is 0.672. The first-order valence-corrected chi connectivity index (χ1v) is 5.15. The van der Waals surface area contributed by atoms with Crippen LogP contribution in [-0.2, 0) is 19.1 Å². The van der Waals surface area contributed by atoms with E-state index in [1.807, 2.05) is 27.8 Å². The van der Waals surface area contributed by atoms with Crippen LogP contribution < -0.4 is 5.32 Å². The van der Waals surface area contributed by atoms with E-state index < -0.39 is 0 Å². The lowest BCUT2D eigenvalue weighted by Gasteiger charge is -2.14. The molecule has 1 N–H and O–H groups in total. The lowest BCUT2D eigenvalue weighted by molar-refractivity contribution is -0.138. The van der Waals surface area contributed by atoms with Crippen LogP contribution in [0.5, 0.6) is 0 Å². The highest BCUT2D eigenvalue weighted by Gasteiger charge is 2.07. The number of rotatable bonds is 6. The molecule has 0 aromatic rings. The van der Waals surface area contributed by atoms with Crippen LogP contribution in [0.25, 0.3) is 0 Å². The molecule has 0 spiro atoms. The number of aldehydes is 1. The van der Waals surface area contributed by atoms with Gasteiger partial charge in [-0.1, -0.05) is 0 Å². The molecule has 0 radical (unpaired) electrons. The van der Waals surface area contributed by atoms with Crippen molar-refractivity contribution in [2.75, 3.05) is 20.7 Å². The predicted molar refractivity (Wildman–Crippen MR) is 62.3 cm³/mol. The predicted octanol–water partition coefficient (Wildman–Crippen LogP) is 0.768. The summed E-state index contributed by atoms with van der Waals surface area (Å²) in [4.78, 5) is 19.7. The molecular weight excluding hydrogens is 210 g/mol.